The zero-order chi connectivity index (χ0) is 20.6. The predicted octanol–water partition coefficient (Wildman–Crippen LogP) is 5.63. The zero-order valence-electron chi connectivity index (χ0n) is 15.3. The van der Waals surface area contributed by atoms with E-state index in [-0.39, 0.29) is 12.1 Å². The first-order valence-corrected chi connectivity index (χ1v) is 9.17. The average molecular weight is 399 g/mol. The third-order valence-electron chi connectivity index (χ3n) is 5.21. The Balaban J connectivity index is 1.85. The molecule has 0 saturated carbocycles. The second-order valence-corrected chi connectivity index (χ2v) is 6.91. The molecule has 0 saturated heterocycles. The van der Waals surface area contributed by atoms with Gasteiger partial charge in [0.05, 0.1) is 17.2 Å². The average Bonchev–Trinajstić information content (AvgIpc) is 2.72. The maximum Gasteiger partial charge on any atom is 0.417 e. The van der Waals surface area contributed by atoms with E-state index >= 15 is 0 Å². The number of hydrogen-bond donors (Lipinski definition) is 0. The van der Waals surface area contributed by atoms with Crippen molar-refractivity contribution < 1.29 is 22.4 Å². The summed E-state index contributed by atoms with van der Waals surface area (Å²) < 4.78 is 55.1. The van der Waals surface area contributed by atoms with Gasteiger partial charge in [-0.15, -0.1) is 0 Å². The van der Waals surface area contributed by atoms with E-state index in [1.54, 1.807) is 30.3 Å². The number of carbonyl (C=O) groups is 1. The lowest BCUT2D eigenvalue weighted by atomic mass is 9.87. The molecular weight excluding hydrogens is 382 g/mol. The van der Waals surface area contributed by atoms with Crippen LogP contribution in [0.15, 0.2) is 72.8 Å². The molecule has 0 fully saturated rings. The summed E-state index contributed by atoms with van der Waals surface area (Å²) in [4.78, 5) is 14.6. The molecule has 3 aromatic carbocycles. The summed E-state index contributed by atoms with van der Waals surface area (Å²) in [5, 5.41) is 0. The third-order valence-corrected chi connectivity index (χ3v) is 5.21. The van der Waals surface area contributed by atoms with Gasteiger partial charge in [0.2, 0.25) is 0 Å². The van der Waals surface area contributed by atoms with Crippen LogP contribution in [-0.4, -0.2) is 17.4 Å². The van der Waals surface area contributed by atoms with Crippen LogP contribution in [0.1, 0.15) is 38.7 Å². The van der Waals surface area contributed by atoms with Crippen LogP contribution in [0.5, 0.6) is 0 Å². The second-order valence-electron chi connectivity index (χ2n) is 6.91. The van der Waals surface area contributed by atoms with Crippen molar-refractivity contribution in [3.8, 4) is 0 Å². The Morgan fingerprint density at radius 2 is 1.48 bits per heavy atom. The molecule has 0 aromatic heterocycles. The van der Waals surface area contributed by atoms with E-state index < -0.39 is 35.1 Å². The molecule has 1 heterocycles. The summed E-state index contributed by atoms with van der Waals surface area (Å²) in [6, 6.07) is 17.3. The van der Waals surface area contributed by atoms with Crippen molar-refractivity contribution in [2.45, 2.75) is 18.6 Å². The fourth-order valence-corrected chi connectivity index (χ4v) is 3.89. The topological polar surface area (TPSA) is 20.3 Å². The Bertz CT molecular complexity index is 1060. The highest BCUT2D eigenvalue weighted by Crippen LogP contribution is 2.39. The van der Waals surface area contributed by atoms with Gasteiger partial charge in [-0.2, -0.15) is 13.2 Å². The molecule has 0 aliphatic carbocycles. The normalized spacial score (nSPS) is 16.4. The van der Waals surface area contributed by atoms with Crippen molar-refractivity contribution in [3.63, 3.8) is 0 Å². The molecule has 0 radical (unpaired) electrons. The summed E-state index contributed by atoms with van der Waals surface area (Å²) >= 11 is 0. The summed E-state index contributed by atoms with van der Waals surface area (Å²) in [5.74, 6) is -1.27. The van der Waals surface area contributed by atoms with E-state index in [1.807, 2.05) is 12.1 Å². The van der Waals surface area contributed by atoms with Gasteiger partial charge < -0.3 is 4.90 Å². The lowest BCUT2D eigenvalue weighted by Gasteiger charge is -2.38. The molecule has 148 valence electrons. The first-order chi connectivity index (χ1) is 13.9. The van der Waals surface area contributed by atoms with Crippen LogP contribution < -0.4 is 0 Å². The SMILES string of the molecule is O=C(c1ccccc1C(F)(F)F)N1CCc2ccccc2C1c1ccccc1F. The van der Waals surface area contributed by atoms with E-state index in [0.717, 1.165) is 17.2 Å². The molecule has 0 N–H and O–H groups in total. The van der Waals surface area contributed by atoms with Crippen LogP contribution in [0.2, 0.25) is 0 Å². The van der Waals surface area contributed by atoms with Gasteiger partial charge in [-0.3, -0.25) is 4.79 Å². The van der Waals surface area contributed by atoms with E-state index in [9.17, 15) is 22.4 Å². The van der Waals surface area contributed by atoms with Crippen molar-refractivity contribution in [2.75, 3.05) is 6.54 Å². The maximum atomic E-state index is 14.7. The Morgan fingerprint density at radius 3 is 2.21 bits per heavy atom. The molecule has 1 unspecified atom stereocenters. The first-order valence-electron chi connectivity index (χ1n) is 9.17. The van der Waals surface area contributed by atoms with Crippen molar-refractivity contribution in [1.82, 2.24) is 4.90 Å². The molecule has 0 spiro atoms. The largest absolute Gasteiger partial charge is 0.417 e. The molecule has 4 rings (SSSR count). The fourth-order valence-electron chi connectivity index (χ4n) is 3.89. The fraction of sp³-hybridized carbons (Fsp3) is 0.174. The van der Waals surface area contributed by atoms with Crippen molar-refractivity contribution >= 4 is 5.91 Å². The summed E-state index contributed by atoms with van der Waals surface area (Å²) in [6.45, 7) is 0.195. The molecular formula is C23H17F4NO. The van der Waals surface area contributed by atoms with E-state index in [4.69, 9.17) is 0 Å². The quantitative estimate of drug-likeness (QED) is 0.511. The molecule has 0 bridgehead atoms. The minimum atomic E-state index is -4.66. The number of halogens is 4. The minimum absolute atomic E-state index is 0.195. The Kier molecular flexibility index (Phi) is 4.86. The van der Waals surface area contributed by atoms with Crippen LogP contribution in [0.3, 0.4) is 0 Å². The molecule has 1 atom stereocenters. The van der Waals surface area contributed by atoms with Crippen molar-refractivity contribution in [1.29, 1.82) is 0 Å². The number of alkyl halides is 3. The second kappa shape index (κ2) is 7.35. The van der Waals surface area contributed by atoms with Gasteiger partial charge >= 0.3 is 6.18 Å². The highest BCUT2D eigenvalue weighted by molar-refractivity contribution is 5.96. The molecule has 2 nitrogen and oxygen atoms in total. The highest BCUT2D eigenvalue weighted by atomic mass is 19.4. The van der Waals surface area contributed by atoms with Gasteiger partial charge in [-0.25, -0.2) is 4.39 Å². The van der Waals surface area contributed by atoms with Gasteiger partial charge in [-0.05, 0) is 35.7 Å². The Morgan fingerprint density at radius 1 is 0.862 bits per heavy atom. The van der Waals surface area contributed by atoms with Gasteiger partial charge in [0.15, 0.2) is 0 Å². The molecule has 1 amide bonds. The van der Waals surface area contributed by atoms with Crippen molar-refractivity contribution in [3.05, 3.63) is 106 Å². The number of fused-ring (bicyclic) bond motifs is 1. The van der Waals surface area contributed by atoms with E-state index in [0.29, 0.717) is 6.42 Å². The minimum Gasteiger partial charge on any atom is -0.327 e. The summed E-state index contributed by atoms with van der Waals surface area (Å²) in [6.07, 6.45) is -4.17. The number of hydrogen-bond acceptors (Lipinski definition) is 1. The predicted molar refractivity (Wildman–Crippen MR) is 101 cm³/mol. The van der Waals surface area contributed by atoms with Crippen molar-refractivity contribution in [2.24, 2.45) is 0 Å². The molecule has 1 aliphatic heterocycles. The monoisotopic (exact) mass is 399 g/mol. The summed E-state index contributed by atoms with van der Waals surface area (Å²) in [7, 11) is 0. The lowest BCUT2D eigenvalue weighted by Crippen LogP contribution is -2.41. The maximum absolute atomic E-state index is 14.7. The van der Waals surface area contributed by atoms with Gasteiger partial charge in [0.25, 0.3) is 5.91 Å². The van der Waals surface area contributed by atoms with Crippen LogP contribution >= 0.6 is 0 Å². The first kappa shape index (κ1) is 19.2. The van der Waals surface area contributed by atoms with Crippen LogP contribution in [0.25, 0.3) is 0 Å². The molecule has 3 aromatic rings. The standard InChI is InChI=1S/C23H17F4NO/c24-20-12-6-4-10-18(20)21-16-8-2-1-7-15(16)13-14-28(21)22(29)17-9-3-5-11-19(17)23(25,26)27/h1-12,21H,13-14H2. The number of amides is 1. The smallest absolute Gasteiger partial charge is 0.327 e. The molecule has 1 aliphatic rings. The van der Waals surface area contributed by atoms with E-state index in [2.05, 4.69) is 0 Å². The summed E-state index contributed by atoms with van der Waals surface area (Å²) in [5.41, 5.74) is 0.518. The van der Waals surface area contributed by atoms with Gasteiger partial charge in [0, 0.05) is 12.1 Å². The molecule has 6 heteroatoms. The van der Waals surface area contributed by atoms with Crippen LogP contribution in [-0.2, 0) is 12.6 Å². The highest BCUT2D eigenvalue weighted by Gasteiger charge is 2.39. The molecule has 29 heavy (non-hydrogen) atoms. The zero-order valence-corrected chi connectivity index (χ0v) is 15.3. The Hall–Kier alpha value is -3.15. The van der Waals surface area contributed by atoms with E-state index in [1.165, 1.54) is 29.2 Å². The number of rotatable bonds is 2. The lowest BCUT2D eigenvalue weighted by molar-refractivity contribution is -0.138. The number of carbonyl (C=O) groups excluding carboxylic acids is 1. The van der Waals surface area contributed by atoms with Crippen LogP contribution in [0.4, 0.5) is 17.6 Å². The number of nitrogens with zero attached hydrogens (tertiary/aromatic N) is 1. The Labute approximate surface area is 165 Å². The van der Waals surface area contributed by atoms with Gasteiger partial charge in [-0.1, -0.05) is 54.6 Å². The van der Waals surface area contributed by atoms with Gasteiger partial charge in [0.1, 0.15) is 5.82 Å². The number of benzene rings is 3. The third kappa shape index (κ3) is 3.50. The van der Waals surface area contributed by atoms with Crippen LogP contribution in [0, 0.1) is 5.82 Å².